The molecule has 0 amide bonds. The van der Waals surface area contributed by atoms with Gasteiger partial charge in [0.1, 0.15) is 5.82 Å². The maximum Gasteiger partial charge on any atom is 0.243 e. The molecule has 0 aliphatic carbocycles. The summed E-state index contributed by atoms with van der Waals surface area (Å²) in [5, 5.41) is 3.26. The van der Waals surface area contributed by atoms with E-state index in [4.69, 9.17) is 0 Å². The number of hydrogen-bond acceptors (Lipinski definition) is 3. The highest BCUT2D eigenvalue weighted by Gasteiger charge is 2.41. The van der Waals surface area contributed by atoms with Crippen molar-refractivity contribution in [1.29, 1.82) is 0 Å². The molecule has 2 fully saturated rings. The molecule has 4 nitrogen and oxygen atoms in total. The third kappa shape index (κ3) is 2.33. The van der Waals surface area contributed by atoms with Crippen molar-refractivity contribution in [3.05, 3.63) is 28.5 Å². The lowest BCUT2D eigenvalue weighted by atomic mass is 10.0. The van der Waals surface area contributed by atoms with Gasteiger partial charge in [-0.2, -0.15) is 4.31 Å². The Labute approximate surface area is 120 Å². The normalized spacial score (nSPS) is 27.7. The number of hydrogen-bond donors (Lipinski definition) is 1. The minimum atomic E-state index is -3.58. The predicted octanol–water partition coefficient (Wildman–Crippen LogP) is 1.43. The number of nitrogens with zero attached hydrogens (tertiary/aromatic N) is 1. The first-order chi connectivity index (χ1) is 8.98. The number of halogens is 2. The van der Waals surface area contributed by atoms with E-state index >= 15 is 0 Å². The van der Waals surface area contributed by atoms with E-state index in [0.29, 0.717) is 24.9 Å². The van der Waals surface area contributed by atoms with Gasteiger partial charge in [-0.05, 0) is 59.1 Å². The summed E-state index contributed by atoms with van der Waals surface area (Å²) in [5.74, 6) is 0.215. The Balaban J connectivity index is 1.88. The van der Waals surface area contributed by atoms with Gasteiger partial charge in [0, 0.05) is 13.1 Å². The molecule has 2 aliphatic heterocycles. The molecule has 19 heavy (non-hydrogen) atoms. The third-order valence-corrected chi connectivity index (χ3v) is 6.36. The van der Waals surface area contributed by atoms with Crippen molar-refractivity contribution in [2.75, 3.05) is 26.2 Å². The SMILES string of the molecule is O=S(=O)(c1ccc(Br)c(F)c1)N1C[C@H]2CNC[C@H]2C1. The van der Waals surface area contributed by atoms with Crippen LogP contribution in [0.15, 0.2) is 27.6 Å². The molecule has 0 saturated carbocycles. The average molecular weight is 349 g/mol. The first kappa shape index (κ1) is 13.5. The second-order valence-electron chi connectivity index (χ2n) is 5.08. The summed E-state index contributed by atoms with van der Waals surface area (Å²) in [7, 11) is -3.58. The fourth-order valence-electron chi connectivity index (χ4n) is 2.79. The van der Waals surface area contributed by atoms with Crippen LogP contribution in [0, 0.1) is 17.7 Å². The van der Waals surface area contributed by atoms with E-state index in [9.17, 15) is 12.8 Å². The minimum Gasteiger partial charge on any atom is -0.316 e. The van der Waals surface area contributed by atoms with Crippen LogP contribution in [0.5, 0.6) is 0 Å². The zero-order valence-corrected chi connectivity index (χ0v) is 12.5. The summed E-state index contributed by atoms with van der Waals surface area (Å²) in [4.78, 5) is 0.0288. The van der Waals surface area contributed by atoms with E-state index in [0.717, 1.165) is 19.2 Å². The van der Waals surface area contributed by atoms with Crippen LogP contribution >= 0.6 is 15.9 Å². The Kier molecular flexibility index (Phi) is 3.41. The van der Waals surface area contributed by atoms with Crippen LogP contribution in [0.1, 0.15) is 0 Å². The van der Waals surface area contributed by atoms with Crippen molar-refractivity contribution in [2.24, 2.45) is 11.8 Å². The second kappa shape index (κ2) is 4.80. The van der Waals surface area contributed by atoms with Gasteiger partial charge in [-0.25, -0.2) is 12.8 Å². The zero-order valence-electron chi connectivity index (χ0n) is 10.1. The molecule has 1 N–H and O–H groups in total. The van der Waals surface area contributed by atoms with E-state index in [1.807, 2.05) is 0 Å². The van der Waals surface area contributed by atoms with E-state index in [1.54, 1.807) is 0 Å². The summed E-state index contributed by atoms with van der Waals surface area (Å²) in [5.41, 5.74) is 0. The zero-order chi connectivity index (χ0) is 13.6. The lowest BCUT2D eigenvalue weighted by Crippen LogP contribution is -2.32. The molecule has 2 atom stereocenters. The number of benzene rings is 1. The largest absolute Gasteiger partial charge is 0.316 e. The lowest BCUT2D eigenvalue weighted by molar-refractivity contribution is 0.447. The van der Waals surface area contributed by atoms with Gasteiger partial charge < -0.3 is 5.32 Å². The maximum absolute atomic E-state index is 13.5. The van der Waals surface area contributed by atoms with Gasteiger partial charge in [-0.3, -0.25) is 0 Å². The van der Waals surface area contributed by atoms with Gasteiger partial charge in [0.05, 0.1) is 9.37 Å². The summed E-state index contributed by atoms with van der Waals surface area (Å²) < 4.78 is 40.1. The van der Waals surface area contributed by atoms with Crippen molar-refractivity contribution in [2.45, 2.75) is 4.90 Å². The third-order valence-electron chi connectivity index (χ3n) is 3.88. The van der Waals surface area contributed by atoms with E-state index in [-0.39, 0.29) is 9.37 Å². The molecule has 0 unspecified atom stereocenters. The van der Waals surface area contributed by atoms with Gasteiger partial charge in [0.15, 0.2) is 0 Å². The second-order valence-corrected chi connectivity index (χ2v) is 7.87. The number of nitrogens with one attached hydrogen (secondary N) is 1. The molecule has 0 spiro atoms. The van der Waals surface area contributed by atoms with Gasteiger partial charge in [0.25, 0.3) is 0 Å². The first-order valence-corrected chi connectivity index (χ1v) is 8.37. The van der Waals surface area contributed by atoms with Crippen LogP contribution in [0.25, 0.3) is 0 Å². The Morgan fingerprint density at radius 1 is 1.26 bits per heavy atom. The summed E-state index contributed by atoms with van der Waals surface area (Å²) in [6, 6.07) is 3.95. The monoisotopic (exact) mass is 348 g/mol. The van der Waals surface area contributed by atoms with E-state index < -0.39 is 15.8 Å². The van der Waals surface area contributed by atoms with Crippen LogP contribution in [-0.2, 0) is 10.0 Å². The Hall–Kier alpha value is -0.500. The number of rotatable bonds is 2. The number of sulfonamides is 1. The van der Waals surface area contributed by atoms with E-state index in [2.05, 4.69) is 21.2 Å². The topological polar surface area (TPSA) is 49.4 Å². The van der Waals surface area contributed by atoms with Crippen molar-refractivity contribution in [3.8, 4) is 0 Å². The Morgan fingerprint density at radius 3 is 2.47 bits per heavy atom. The van der Waals surface area contributed by atoms with Crippen LogP contribution in [-0.4, -0.2) is 38.9 Å². The lowest BCUT2D eigenvalue weighted by Gasteiger charge is -2.17. The number of fused-ring (bicyclic) bond motifs is 1. The molecule has 0 radical (unpaired) electrons. The molecular weight excluding hydrogens is 335 g/mol. The van der Waals surface area contributed by atoms with Gasteiger partial charge >= 0.3 is 0 Å². The van der Waals surface area contributed by atoms with Crippen LogP contribution in [0.2, 0.25) is 0 Å². The van der Waals surface area contributed by atoms with E-state index in [1.165, 1.54) is 16.4 Å². The summed E-state index contributed by atoms with van der Waals surface area (Å²) in [6.07, 6.45) is 0. The predicted molar refractivity (Wildman–Crippen MR) is 72.7 cm³/mol. The molecule has 1 aromatic carbocycles. The average Bonchev–Trinajstić information content (AvgIpc) is 2.93. The Bertz CT molecular complexity index is 596. The van der Waals surface area contributed by atoms with Crippen molar-refractivity contribution >= 4 is 26.0 Å². The molecule has 7 heteroatoms. The molecular formula is C12H14BrFN2O2S. The summed E-state index contributed by atoms with van der Waals surface area (Å²) >= 11 is 3.03. The van der Waals surface area contributed by atoms with Crippen molar-refractivity contribution in [1.82, 2.24) is 9.62 Å². The fraction of sp³-hybridized carbons (Fsp3) is 0.500. The molecule has 2 aliphatic rings. The molecule has 0 bridgehead atoms. The molecule has 0 aromatic heterocycles. The van der Waals surface area contributed by atoms with Crippen LogP contribution in [0.4, 0.5) is 4.39 Å². The molecule has 3 rings (SSSR count). The standard InChI is InChI=1S/C12H14BrFN2O2S/c13-11-2-1-10(3-12(11)14)19(17,18)16-6-8-4-15-5-9(8)7-16/h1-3,8-9,15H,4-7H2/t8-,9+. The van der Waals surface area contributed by atoms with Gasteiger partial charge in [-0.1, -0.05) is 0 Å². The highest BCUT2D eigenvalue weighted by Crippen LogP contribution is 2.31. The molecule has 2 saturated heterocycles. The first-order valence-electron chi connectivity index (χ1n) is 6.14. The fourth-order valence-corrected chi connectivity index (χ4v) is 4.61. The molecule has 104 valence electrons. The Morgan fingerprint density at radius 2 is 1.89 bits per heavy atom. The smallest absolute Gasteiger partial charge is 0.243 e. The van der Waals surface area contributed by atoms with Gasteiger partial charge in [-0.15, -0.1) is 0 Å². The molecule has 1 aromatic rings. The van der Waals surface area contributed by atoms with Gasteiger partial charge in [0.2, 0.25) is 10.0 Å². The molecule has 2 heterocycles. The summed E-state index contributed by atoms with van der Waals surface area (Å²) in [6.45, 7) is 2.78. The minimum absolute atomic E-state index is 0.0288. The quantitative estimate of drug-likeness (QED) is 0.879. The van der Waals surface area contributed by atoms with Crippen LogP contribution < -0.4 is 5.32 Å². The highest BCUT2D eigenvalue weighted by atomic mass is 79.9. The highest BCUT2D eigenvalue weighted by molar-refractivity contribution is 9.10. The maximum atomic E-state index is 13.5. The van der Waals surface area contributed by atoms with Crippen molar-refractivity contribution < 1.29 is 12.8 Å². The van der Waals surface area contributed by atoms with Crippen molar-refractivity contribution in [3.63, 3.8) is 0 Å². The van der Waals surface area contributed by atoms with Crippen LogP contribution in [0.3, 0.4) is 0 Å².